The van der Waals surface area contributed by atoms with Crippen molar-refractivity contribution in [2.24, 2.45) is 0 Å². The number of para-hydroxylation sites is 2. The molecule has 6 heteroatoms. The van der Waals surface area contributed by atoms with E-state index in [9.17, 15) is 9.59 Å². The molecule has 4 nitrogen and oxygen atoms in total. The molecule has 0 aromatic heterocycles. The van der Waals surface area contributed by atoms with E-state index in [1.165, 1.54) is 0 Å². The lowest BCUT2D eigenvalue weighted by Crippen LogP contribution is -2.35. The highest BCUT2D eigenvalue weighted by Crippen LogP contribution is 2.24. The van der Waals surface area contributed by atoms with Gasteiger partial charge in [0.15, 0.2) is 0 Å². The van der Waals surface area contributed by atoms with Crippen LogP contribution in [0.2, 0.25) is 5.02 Å². The third-order valence-electron chi connectivity index (χ3n) is 4.09. The average Bonchev–Trinajstić information content (AvgIpc) is 2.70. The quantitative estimate of drug-likeness (QED) is 0.519. The lowest BCUT2D eigenvalue weighted by atomic mass is 10.1. The van der Waals surface area contributed by atoms with Gasteiger partial charge in [0.05, 0.1) is 12.3 Å². The Morgan fingerprint density at radius 2 is 1.54 bits per heavy atom. The number of anilines is 1. The zero-order chi connectivity index (χ0) is 19.9. The van der Waals surface area contributed by atoms with Gasteiger partial charge in [0.1, 0.15) is 11.0 Å². The lowest BCUT2D eigenvalue weighted by Gasteiger charge is -2.26. The Morgan fingerprint density at radius 3 is 2.21 bits per heavy atom. The first-order valence-electron chi connectivity index (χ1n) is 8.63. The summed E-state index contributed by atoms with van der Waals surface area (Å²) in [6.45, 7) is 0.398. The second kappa shape index (κ2) is 9.35. The van der Waals surface area contributed by atoms with Gasteiger partial charge in [-0.05, 0) is 48.0 Å². The van der Waals surface area contributed by atoms with E-state index in [-0.39, 0.29) is 0 Å². The Labute approximate surface area is 174 Å². The molecule has 0 unspecified atom stereocenters. The van der Waals surface area contributed by atoms with Crippen molar-refractivity contribution in [1.82, 2.24) is 0 Å². The number of hydrogen-bond donors (Lipinski definition) is 0. The second-order valence-electron chi connectivity index (χ2n) is 5.95. The summed E-state index contributed by atoms with van der Waals surface area (Å²) in [5.74, 6) is 0.265. The van der Waals surface area contributed by atoms with E-state index >= 15 is 0 Å². The molecule has 2 amide bonds. The summed E-state index contributed by atoms with van der Waals surface area (Å²) >= 11 is 10.7. The smallest absolute Gasteiger partial charge is 0.263 e. The third kappa shape index (κ3) is 4.88. The molecule has 0 fully saturated rings. The fraction of sp³-hybridized carbons (Fsp3) is 0.0909. The minimum atomic E-state index is -0.767. The number of carbonyl (C=O) groups is 2. The molecular formula is C22H17ClNO3S-. The van der Waals surface area contributed by atoms with Gasteiger partial charge in [-0.25, -0.2) is 0 Å². The summed E-state index contributed by atoms with van der Waals surface area (Å²) < 4.78 is 5.73. The first-order chi connectivity index (χ1) is 13.6. The van der Waals surface area contributed by atoms with Crippen molar-refractivity contribution in [2.45, 2.75) is 6.42 Å². The molecule has 0 aliphatic heterocycles. The molecule has 0 spiro atoms. The van der Waals surface area contributed by atoms with E-state index in [0.29, 0.717) is 29.3 Å². The molecular weight excluding hydrogens is 394 g/mol. The number of rotatable bonds is 6. The molecule has 0 bridgehead atoms. The van der Waals surface area contributed by atoms with Crippen molar-refractivity contribution >= 4 is 41.1 Å². The maximum Gasteiger partial charge on any atom is 0.263 e. The molecule has 0 saturated heterocycles. The Bertz CT molecular complexity index is 961. The van der Waals surface area contributed by atoms with Crippen LogP contribution in [0.1, 0.15) is 15.9 Å². The maximum absolute atomic E-state index is 12.9. The van der Waals surface area contributed by atoms with Crippen molar-refractivity contribution < 1.29 is 14.3 Å². The van der Waals surface area contributed by atoms with Crippen molar-refractivity contribution in [1.29, 1.82) is 0 Å². The largest absolute Gasteiger partial charge is 0.718 e. The van der Waals surface area contributed by atoms with Crippen molar-refractivity contribution in [3.63, 3.8) is 0 Å². The summed E-state index contributed by atoms with van der Waals surface area (Å²) in [4.78, 5) is 26.1. The van der Waals surface area contributed by atoms with E-state index in [1.807, 2.05) is 42.5 Å². The molecule has 0 saturated carbocycles. The Morgan fingerprint density at radius 1 is 0.893 bits per heavy atom. The zero-order valence-electron chi connectivity index (χ0n) is 14.9. The first kappa shape index (κ1) is 19.9. The van der Waals surface area contributed by atoms with Gasteiger partial charge in [0.25, 0.3) is 5.91 Å². The Kier molecular flexibility index (Phi) is 6.63. The van der Waals surface area contributed by atoms with E-state index in [4.69, 9.17) is 29.0 Å². The first-order valence-corrected chi connectivity index (χ1v) is 9.41. The molecule has 3 rings (SSSR count). The monoisotopic (exact) mass is 410 g/mol. The van der Waals surface area contributed by atoms with E-state index in [0.717, 1.165) is 16.2 Å². The molecule has 0 radical (unpaired) electrons. The van der Waals surface area contributed by atoms with Gasteiger partial charge in [-0.15, -0.1) is 0 Å². The van der Waals surface area contributed by atoms with Gasteiger partial charge >= 0.3 is 0 Å². The van der Waals surface area contributed by atoms with E-state index < -0.39 is 11.1 Å². The molecule has 0 N–H and O–H groups in total. The van der Waals surface area contributed by atoms with Gasteiger partial charge in [0.2, 0.25) is 0 Å². The highest BCUT2D eigenvalue weighted by Gasteiger charge is 2.21. The molecule has 28 heavy (non-hydrogen) atoms. The number of nitrogens with zero attached hydrogens (tertiary/aromatic N) is 1. The van der Waals surface area contributed by atoms with Gasteiger partial charge < -0.3 is 22.2 Å². The number of benzene rings is 3. The molecule has 3 aromatic carbocycles. The molecule has 142 valence electrons. The van der Waals surface area contributed by atoms with Gasteiger partial charge in [0, 0.05) is 17.0 Å². The molecule has 3 aromatic rings. The molecule has 0 atom stereocenters. The van der Waals surface area contributed by atoms with E-state index in [1.54, 1.807) is 36.4 Å². The van der Waals surface area contributed by atoms with Crippen molar-refractivity contribution in [3.05, 3.63) is 95.0 Å². The fourth-order valence-corrected chi connectivity index (χ4v) is 3.06. The molecule has 0 heterocycles. The van der Waals surface area contributed by atoms with Crippen LogP contribution in [0.5, 0.6) is 5.75 Å². The zero-order valence-corrected chi connectivity index (χ0v) is 16.5. The number of hydrogen-bond acceptors (Lipinski definition) is 4. The Hall–Kier alpha value is -2.89. The fourth-order valence-electron chi connectivity index (χ4n) is 2.75. The van der Waals surface area contributed by atoms with Crippen LogP contribution in [0, 0.1) is 0 Å². The normalized spacial score (nSPS) is 10.3. The predicted molar refractivity (Wildman–Crippen MR) is 113 cm³/mol. The standard InChI is InChI=1S/C22H18ClNO3S/c23-18-12-10-17(11-13-18)21(25)24(22(26)28)20-9-5-4-6-16(20)14-15-27-19-7-2-1-3-8-19/h1-13H,14-15H2,(H,26,28)/p-1. The summed E-state index contributed by atoms with van der Waals surface area (Å²) in [6.07, 6.45) is 0.512. The van der Waals surface area contributed by atoms with Gasteiger partial charge in [-0.3, -0.25) is 9.69 Å². The third-order valence-corrected chi connectivity index (χ3v) is 4.53. The summed E-state index contributed by atoms with van der Waals surface area (Å²) in [7, 11) is 0. The van der Waals surface area contributed by atoms with Crippen LogP contribution < -0.4 is 9.64 Å². The van der Waals surface area contributed by atoms with Gasteiger partial charge in [-0.2, -0.15) is 0 Å². The van der Waals surface area contributed by atoms with Crippen LogP contribution in [0.15, 0.2) is 78.9 Å². The van der Waals surface area contributed by atoms with Gasteiger partial charge in [-0.1, -0.05) is 48.0 Å². The topological polar surface area (TPSA) is 46.6 Å². The number of ether oxygens (including phenoxy) is 1. The van der Waals surface area contributed by atoms with Crippen molar-refractivity contribution in [2.75, 3.05) is 11.5 Å². The van der Waals surface area contributed by atoms with E-state index in [2.05, 4.69) is 0 Å². The number of amides is 2. The van der Waals surface area contributed by atoms with Crippen LogP contribution in [-0.4, -0.2) is 17.8 Å². The minimum Gasteiger partial charge on any atom is -0.718 e. The number of halogens is 1. The molecule has 0 aliphatic rings. The highest BCUT2D eigenvalue weighted by molar-refractivity contribution is 7.77. The summed E-state index contributed by atoms with van der Waals surface area (Å²) in [5.41, 5.74) is 1.58. The summed E-state index contributed by atoms with van der Waals surface area (Å²) in [6, 6.07) is 22.9. The highest BCUT2D eigenvalue weighted by atomic mass is 35.5. The maximum atomic E-state index is 12.9. The predicted octanol–water partition coefficient (Wildman–Crippen LogP) is 5.28. The second-order valence-corrected chi connectivity index (χ2v) is 6.74. The van der Waals surface area contributed by atoms with Crippen LogP contribution in [0.25, 0.3) is 0 Å². The average molecular weight is 411 g/mol. The minimum absolute atomic E-state index is 0.331. The van der Waals surface area contributed by atoms with Crippen LogP contribution in [-0.2, 0) is 19.0 Å². The summed E-state index contributed by atoms with van der Waals surface area (Å²) in [5, 5.41) is -0.261. The van der Waals surface area contributed by atoms with Crippen LogP contribution >= 0.6 is 11.6 Å². The Balaban J connectivity index is 1.82. The lowest BCUT2D eigenvalue weighted by molar-refractivity contribution is 0.0997. The van der Waals surface area contributed by atoms with Crippen molar-refractivity contribution in [3.8, 4) is 5.75 Å². The molecule has 0 aliphatic carbocycles. The number of carbonyl (C=O) groups excluding carboxylic acids is 2. The SMILES string of the molecule is O=C([S-])N(C(=O)c1ccc(Cl)cc1)c1ccccc1CCOc1ccccc1. The number of imide groups is 1. The van der Waals surface area contributed by atoms with Crippen LogP contribution in [0.4, 0.5) is 10.5 Å². The van der Waals surface area contributed by atoms with Crippen LogP contribution in [0.3, 0.4) is 0 Å².